The second-order valence-electron chi connectivity index (χ2n) is 9.83. The van der Waals surface area contributed by atoms with E-state index in [0.29, 0.717) is 50.8 Å². The lowest BCUT2D eigenvalue weighted by atomic mass is 9.92. The average molecular weight is 463 g/mol. The van der Waals surface area contributed by atoms with Gasteiger partial charge in [-0.05, 0) is 81.5 Å². The van der Waals surface area contributed by atoms with E-state index in [1.807, 2.05) is 12.1 Å². The highest BCUT2D eigenvalue weighted by Gasteiger charge is 2.25. The van der Waals surface area contributed by atoms with Crippen LogP contribution in [0.15, 0.2) is 24.3 Å². The fourth-order valence-electron chi connectivity index (χ4n) is 4.66. The molecule has 1 aliphatic carbocycles. The van der Waals surface area contributed by atoms with Gasteiger partial charge in [0.15, 0.2) is 0 Å². The van der Waals surface area contributed by atoms with Gasteiger partial charge in [0, 0.05) is 39.1 Å². The Balaban J connectivity index is 1.41. The van der Waals surface area contributed by atoms with E-state index < -0.39 is 6.17 Å². The summed E-state index contributed by atoms with van der Waals surface area (Å²) >= 11 is 0. The summed E-state index contributed by atoms with van der Waals surface area (Å²) in [5.74, 6) is 1.40. The molecule has 2 atom stereocenters. The van der Waals surface area contributed by atoms with Crippen molar-refractivity contribution < 1.29 is 18.7 Å². The first kappa shape index (κ1) is 26.1. The number of benzene rings is 1. The maximum absolute atomic E-state index is 13.7. The number of likely N-dealkylation sites (tertiary alicyclic amines) is 1. The van der Waals surface area contributed by atoms with E-state index in [1.165, 1.54) is 24.8 Å². The fourth-order valence-corrected chi connectivity index (χ4v) is 4.66. The summed E-state index contributed by atoms with van der Waals surface area (Å²) in [5.41, 5.74) is 6.71. The van der Waals surface area contributed by atoms with Gasteiger partial charge in [-0.2, -0.15) is 0 Å². The van der Waals surface area contributed by atoms with E-state index in [-0.39, 0.29) is 5.92 Å². The number of rotatable bonds is 17. The van der Waals surface area contributed by atoms with Crippen LogP contribution in [-0.4, -0.2) is 62.4 Å². The number of Topliss-reactive ketones (excluding diaryl/α,β-unsaturated/α-hetero) is 1. The minimum absolute atomic E-state index is 0.216. The van der Waals surface area contributed by atoms with Crippen molar-refractivity contribution in [2.24, 2.45) is 11.7 Å². The van der Waals surface area contributed by atoms with Gasteiger partial charge in [0.05, 0.1) is 12.7 Å². The van der Waals surface area contributed by atoms with Crippen LogP contribution in [0.4, 0.5) is 4.39 Å². The zero-order chi connectivity index (χ0) is 23.3. The van der Waals surface area contributed by atoms with Crippen LogP contribution in [0.25, 0.3) is 0 Å². The number of carbonyl (C=O) groups excluding carboxylic acids is 1. The second-order valence-corrected chi connectivity index (χ2v) is 9.83. The van der Waals surface area contributed by atoms with Crippen molar-refractivity contribution in [2.75, 3.05) is 39.4 Å². The molecule has 186 valence electrons. The molecule has 1 aliphatic heterocycles. The molecule has 33 heavy (non-hydrogen) atoms. The molecule has 0 amide bonds. The van der Waals surface area contributed by atoms with Crippen LogP contribution >= 0.6 is 0 Å². The van der Waals surface area contributed by atoms with Crippen molar-refractivity contribution in [1.82, 2.24) is 4.90 Å². The zero-order valence-corrected chi connectivity index (χ0v) is 20.2. The van der Waals surface area contributed by atoms with Gasteiger partial charge < -0.3 is 20.1 Å². The Bertz CT molecular complexity index is 680. The minimum Gasteiger partial charge on any atom is -0.494 e. The van der Waals surface area contributed by atoms with Crippen LogP contribution in [0.1, 0.15) is 69.8 Å². The number of hydrogen-bond acceptors (Lipinski definition) is 5. The molecular formula is C27H43FN2O3. The molecule has 1 aromatic rings. The lowest BCUT2D eigenvalue weighted by Crippen LogP contribution is -2.30. The maximum Gasteiger partial charge on any atom is 0.133 e. The average Bonchev–Trinajstić information content (AvgIpc) is 3.17. The normalized spacial score (nSPS) is 20.0. The van der Waals surface area contributed by atoms with E-state index in [0.717, 1.165) is 57.6 Å². The van der Waals surface area contributed by atoms with Gasteiger partial charge in [0.25, 0.3) is 0 Å². The lowest BCUT2D eigenvalue weighted by Gasteiger charge is -2.25. The van der Waals surface area contributed by atoms with E-state index in [2.05, 4.69) is 17.0 Å². The van der Waals surface area contributed by atoms with Gasteiger partial charge in [-0.25, -0.2) is 4.39 Å². The Morgan fingerprint density at radius 2 is 1.91 bits per heavy atom. The molecular weight excluding hydrogens is 419 g/mol. The quantitative estimate of drug-likeness (QED) is 0.340. The highest BCUT2D eigenvalue weighted by Crippen LogP contribution is 2.23. The topological polar surface area (TPSA) is 64.8 Å². The van der Waals surface area contributed by atoms with Crippen LogP contribution in [0.3, 0.4) is 0 Å². The standard InChI is InChI=1S/C27H43FN2O3/c28-24-13-15-30(21-24)20-23(18-22-9-11-27(12-10-22)33-17-5-14-29)19-25(31)6-2-1-3-16-32-26-7-4-8-26/h9-12,23-24,26H,1-8,13-21,29H2. The predicted molar refractivity (Wildman–Crippen MR) is 130 cm³/mol. The summed E-state index contributed by atoms with van der Waals surface area (Å²) < 4.78 is 25.2. The molecule has 2 N–H and O–H groups in total. The molecule has 2 unspecified atom stereocenters. The van der Waals surface area contributed by atoms with Crippen molar-refractivity contribution in [3.8, 4) is 5.75 Å². The molecule has 0 spiro atoms. The van der Waals surface area contributed by atoms with Crippen LogP contribution < -0.4 is 10.5 Å². The highest BCUT2D eigenvalue weighted by atomic mass is 19.1. The molecule has 0 aromatic heterocycles. The zero-order valence-electron chi connectivity index (χ0n) is 20.2. The number of halogens is 1. The van der Waals surface area contributed by atoms with Gasteiger partial charge in [-0.1, -0.05) is 18.6 Å². The Hall–Kier alpha value is -1.50. The summed E-state index contributed by atoms with van der Waals surface area (Å²) in [7, 11) is 0. The van der Waals surface area contributed by atoms with E-state index in [1.54, 1.807) is 0 Å². The second kappa shape index (κ2) is 14.7. The van der Waals surface area contributed by atoms with Gasteiger partial charge in [0.1, 0.15) is 17.7 Å². The SMILES string of the molecule is NCCCOc1ccc(CC(CC(=O)CCCCCOC2CCC2)CN2CCC(F)C2)cc1. The van der Waals surface area contributed by atoms with E-state index in [9.17, 15) is 9.18 Å². The van der Waals surface area contributed by atoms with Crippen LogP contribution in [-0.2, 0) is 16.0 Å². The van der Waals surface area contributed by atoms with Gasteiger partial charge in [0.2, 0.25) is 0 Å². The number of nitrogens with two attached hydrogens (primary N) is 1. The van der Waals surface area contributed by atoms with E-state index in [4.69, 9.17) is 15.2 Å². The fraction of sp³-hybridized carbons (Fsp3) is 0.741. The minimum atomic E-state index is -0.728. The molecule has 5 nitrogen and oxygen atoms in total. The number of alkyl halides is 1. The van der Waals surface area contributed by atoms with Crippen LogP contribution in [0.2, 0.25) is 0 Å². The van der Waals surface area contributed by atoms with Gasteiger partial charge in [-0.15, -0.1) is 0 Å². The molecule has 1 saturated carbocycles. The molecule has 6 heteroatoms. The first-order valence-electron chi connectivity index (χ1n) is 13.0. The monoisotopic (exact) mass is 462 g/mol. The summed E-state index contributed by atoms with van der Waals surface area (Å²) in [6.07, 6.45) is 10.0. The summed E-state index contributed by atoms with van der Waals surface area (Å²) in [5, 5.41) is 0. The molecule has 2 aliphatic rings. The predicted octanol–water partition coefficient (Wildman–Crippen LogP) is 4.71. The molecule has 0 bridgehead atoms. The van der Waals surface area contributed by atoms with Crippen molar-refractivity contribution in [1.29, 1.82) is 0 Å². The Labute approximate surface area is 199 Å². The molecule has 1 aromatic carbocycles. The number of hydrogen-bond donors (Lipinski definition) is 1. The first-order valence-corrected chi connectivity index (χ1v) is 13.0. The molecule has 1 saturated heterocycles. The van der Waals surface area contributed by atoms with E-state index >= 15 is 0 Å². The summed E-state index contributed by atoms with van der Waals surface area (Å²) in [4.78, 5) is 14.9. The number of ether oxygens (including phenoxy) is 2. The van der Waals surface area contributed by atoms with Crippen LogP contribution in [0.5, 0.6) is 5.75 Å². The Morgan fingerprint density at radius 3 is 2.58 bits per heavy atom. The molecule has 3 rings (SSSR count). The lowest BCUT2D eigenvalue weighted by molar-refractivity contribution is -0.120. The number of unbranched alkanes of at least 4 members (excludes halogenated alkanes) is 2. The summed E-state index contributed by atoms with van der Waals surface area (Å²) in [6, 6.07) is 8.15. The maximum atomic E-state index is 13.7. The van der Waals surface area contributed by atoms with Crippen molar-refractivity contribution in [2.45, 2.75) is 82.9 Å². The third-order valence-corrected chi connectivity index (χ3v) is 6.82. The highest BCUT2D eigenvalue weighted by molar-refractivity contribution is 5.78. The van der Waals surface area contributed by atoms with Crippen molar-refractivity contribution in [3.63, 3.8) is 0 Å². The Morgan fingerprint density at radius 1 is 1.09 bits per heavy atom. The summed E-state index contributed by atoms with van der Waals surface area (Å²) in [6.45, 7) is 4.15. The van der Waals surface area contributed by atoms with Crippen molar-refractivity contribution in [3.05, 3.63) is 29.8 Å². The largest absolute Gasteiger partial charge is 0.494 e. The molecule has 1 heterocycles. The number of carbonyl (C=O) groups is 1. The molecule has 0 radical (unpaired) electrons. The van der Waals surface area contributed by atoms with Crippen LogP contribution in [0, 0.1) is 5.92 Å². The number of nitrogens with zero attached hydrogens (tertiary/aromatic N) is 1. The number of ketones is 1. The first-order chi connectivity index (χ1) is 16.1. The third-order valence-electron chi connectivity index (χ3n) is 6.82. The molecule has 2 fully saturated rings. The Kier molecular flexibility index (Phi) is 11.6. The van der Waals surface area contributed by atoms with Gasteiger partial charge in [-0.3, -0.25) is 4.79 Å². The smallest absolute Gasteiger partial charge is 0.133 e. The van der Waals surface area contributed by atoms with Gasteiger partial charge >= 0.3 is 0 Å². The van der Waals surface area contributed by atoms with Crippen molar-refractivity contribution >= 4 is 5.78 Å². The third kappa shape index (κ3) is 10.1.